The molecule has 0 aliphatic rings. The molecule has 0 unspecified atom stereocenters. The van der Waals surface area contributed by atoms with Gasteiger partial charge in [0, 0.05) is 11.6 Å². The van der Waals surface area contributed by atoms with Crippen LogP contribution in [0.4, 0.5) is 5.82 Å². The maximum Gasteiger partial charge on any atom is 0.160 e. The van der Waals surface area contributed by atoms with Crippen LogP contribution >= 0.6 is 12.6 Å². The Morgan fingerprint density at radius 1 is 1.10 bits per heavy atom. The highest BCUT2D eigenvalue weighted by Crippen LogP contribution is 2.25. The molecule has 0 bridgehead atoms. The van der Waals surface area contributed by atoms with E-state index in [4.69, 9.17) is 5.73 Å². The molecule has 3 rings (SSSR count). The largest absolute Gasteiger partial charge is 0.383 e. The minimum atomic E-state index is 0.480. The first-order valence-corrected chi connectivity index (χ1v) is 6.96. The first-order valence-electron chi connectivity index (χ1n) is 6.52. The van der Waals surface area contributed by atoms with Crippen molar-refractivity contribution in [1.82, 2.24) is 19.7 Å². The predicted molar refractivity (Wildman–Crippen MR) is 85.7 cm³/mol. The Labute approximate surface area is 128 Å². The van der Waals surface area contributed by atoms with Crippen molar-refractivity contribution in [3.8, 4) is 17.1 Å². The van der Waals surface area contributed by atoms with Crippen LogP contribution in [0.25, 0.3) is 17.1 Å². The molecule has 21 heavy (non-hydrogen) atoms. The second kappa shape index (κ2) is 5.21. The second-order valence-corrected chi connectivity index (χ2v) is 5.20. The van der Waals surface area contributed by atoms with E-state index in [2.05, 4.69) is 27.7 Å². The van der Waals surface area contributed by atoms with Crippen molar-refractivity contribution in [2.75, 3.05) is 5.73 Å². The Morgan fingerprint density at radius 2 is 1.81 bits per heavy atom. The van der Waals surface area contributed by atoms with Gasteiger partial charge in [-0.15, -0.1) is 12.6 Å². The monoisotopic (exact) mass is 297 g/mol. The van der Waals surface area contributed by atoms with E-state index >= 15 is 0 Å². The average Bonchev–Trinajstić information content (AvgIpc) is 2.75. The second-order valence-electron chi connectivity index (χ2n) is 4.76. The Bertz CT molecular complexity index is 795. The van der Waals surface area contributed by atoms with Crippen LogP contribution in [0, 0.1) is 13.8 Å². The van der Waals surface area contributed by atoms with E-state index in [-0.39, 0.29) is 0 Å². The van der Waals surface area contributed by atoms with E-state index in [1.54, 1.807) is 4.68 Å². The minimum absolute atomic E-state index is 0.480. The number of aryl methyl sites for hydroxylation is 2. The van der Waals surface area contributed by atoms with Crippen LogP contribution in [0.15, 0.2) is 41.3 Å². The number of anilines is 1. The SMILES string of the molecule is Cc1nc(-c2ccccc2)cc(-n2nc(C)c(S)c2N)n1. The number of hydrogen-bond donors (Lipinski definition) is 2. The third-order valence-corrected chi connectivity index (χ3v) is 3.73. The molecular weight excluding hydrogens is 282 g/mol. The summed E-state index contributed by atoms with van der Waals surface area (Å²) < 4.78 is 1.60. The lowest BCUT2D eigenvalue weighted by Gasteiger charge is -2.07. The number of benzene rings is 1. The Kier molecular flexibility index (Phi) is 3.39. The molecule has 1 aromatic carbocycles. The highest BCUT2D eigenvalue weighted by Gasteiger charge is 2.13. The predicted octanol–water partition coefficient (Wildman–Crippen LogP) is 2.82. The number of nitrogen functional groups attached to an aromatic ring is 1. The van der Waals surface area contributed by atoms with Crippen molar-refractivity contribution in [3.05, 3.63) is 47.9 Å². The average molecular weight is 297 g/mol. The van der Waals surface area contributed by atoms with Crippen LogP contribution < -0.4 is 5.73 Å². The molecule has 2 N–H and O–H groups in total. The topological polar surface area (TPSA) is 69.6 Å². The molecule has 106 valence electrons. The molecule has 0 aliphatic heterocycles. The molecule has 0 fully saturated rings. The molecule has 0 saturated carbocycles. The number of aromatic nitrogens is 4. The number of nitrogens with zero attached hydrogens (tertiary/aromatic N) is 4. The summed E-state index contributed by atoms with van der Waals surface area (Å²) in [6.45, 7) is 3.71. The van der Waals surface area contributed by atoms with E-state index in [0.29, 0.717) is 22.4 Å². The fraction of sp³-hybridized carbons (Fsp3) is 0.133. The van der Waals surface area contributed by atoms with E-state index in [0.717, 1.165) is 17.0 Å². The van der Waals surface area contributed by atoms with Crippen LogP contribution in [0.5, 0.6) is 0 Å². The molecule has 0 amide bonds. The molecule has 3 aromatic rings. The number of rotatable bonds is 2. The first kappa shape index (κ1) is 13.6. The zero-order chi connectivity index (χ0) is 15.0. The first-order chi connectivity index (χ1) is 10.1. The highest BCUT2D eigenvalue weighted by atomic mass is 32.1. The maximum atomic E-state index is 6.04. The summed E-state index contributed by atoms with van der Waals surface area (Å²) in [5.74, 6) is 1.79. The number of nitrogens with two attached hydrogens (primary N) is 1. The van der Waals surface area contributed by atoms with Crippen LogP contribution in [0.2, 0.25) is 0 Å². The third-order valence-electron chi connectivity index (χ3n) is 3.17. The van der Waals surface area contributed by atoms with Gasteiger partial charge >= 0.3 is 0 Å². The molecule has 0 atom stereocenters. The molecule has 6 heteroatoms. The van der Waals surface area contributed by atoms with Crippen molar-refractivity contribution < 1.29 is 0 Å². The van der Waals surface area contributed by atoms with Gasteiger partial charge in [-0.05, 0) is 13.8 Å². The lowest BCUT2D eigenvalue weighted by atomic mass is 10.1. The molecule has 0 radical (unpaired) electrons. The Hall–Kier alpha value is -2.34. The summed E-state index contributed by atoms with van der Waals surface area (Å²) in [6.07, 6.45) is 0. The van der Waals surface area contributed by atoms with Crippen molar-refractivity contribution in [2.24, 2.45) is 0 Å². The fourth-order valence-electron chi connectivity index (χ4n) is 2.13. The maximum absolute atomic E-state index is 6.04. The summed E-state index contributed by atoms with van der Waals surface area (Å²) in [5.41, 5.74) is 8.67. The summed E-state index contributed by atoms with van der Waals surface area (Å²) in [5, 5.41) is 4.38. The van der Waals surface area contributed by atoms with Gasteiger partial charge in [0.15, 0.2) is 5.82 Å². The lowest BCUT2D eigenvalue weighted by molar-refractivity contribution is 0.826. The molecule has 2 heterocycles. The molecule has 2 aromatic heterocycles. The van der Waals surface area contributed by atoms with Crippen molar-refractivity contribution in [3.63, 3.8) is 0 Å². The van der Waals surface area contributed by atoms with Crippen molar-refractivity contribution >= 4 is 18.4 Å². The van der Waals surface area contributed by atoms with E-state index < -0.39 is 0 Å². The van der Waals surface area contributed by atoms with Gasteiger partial charge in [0.05, 0.1) is 16.3 Å². The van der Waals surface area contributed by atoms with Crippen LogP contribution in [0.1, 0.15) is 11.5 Å². The Balaban J connectivity index is 2.16. The third kappa shape index (κ3) is 2.50. The van der Waals surface area contributed by atoms with E-state index in [1.807, 2.05) is 50.2 Å². The van der Waals surface area contributed by atoms with Crippen molar-refractivity contribution in [2.45, 2.75) is 18.7 Å². The van der Waals surface area contributed by atoms with Crippen LogP contribution in [-0.4, -0.2) is 19.7 Å². The van der Waals surface area contributed by atoms with Gasteiger partial charge in [0.1, 0.15) is 11.6 Å². The fourth-order valence-corrected chi connectivity index (χ4v) is 2.27. The molecular formula is C15H15N5S. The van der Waals surface area contributed by atoms with Gasteiger partial charge < -0.3 is 5.73 Å². The molecule has 0 aliphatic carbocycles. The molecule has 5 nitrogen and oxygen atoms in total. The Morgan fingerprint density at radius 3 is 2.43 bits per heavy atom. The van der Waals surface area contributed by atoms with Gasteiger partial charge in [-0.1, -0.05) is 30.3 Å². The molecule has 0 spiro atoms. The van der Waals surface area contributed by atoms with Gasteiger partial charge in [0.2, 0.25) is 0 Å². The van der Waals surface area contributed by atoms with Crippen LogP contribution in [0.3, 0.4) is 0 Å². The van der Waals surface area contributed by atoms with E-state index in [9.17, 15) is 0 Å². The normalized spacial score (nSPS) is 10.8. The molecule has 0 saturated heterocycles. The zero-order valence-electron chi connectivity index (χ0n) is 11.8. The highest BCUT2D eigenvalue weighted by molar-refractivity contribution is 7.80. The number of thiol groups is 1. The van der Waals surface area contributed by atoms with Gasteiger partial charge in [-0.25, -0.2) is 9.97 Å². The standard InChI is InChI=1S/C15H15N5S/c1-9-14(21)15(16)20(19-9)13-8-12(17-10(2)18-13)11-6-4-3-5-7-11/h3-8,21H,16H2,1-2H3. The van der Waals surface area contributed by atoms with Gasteiger partial charge in [0.25, 0.3) is 0 Å². The minimum Gasteiger partial charge on any atom is -0.383 e. The summed E-state index contributed by atoms with van der Waals surface area (Å²) in [7, 11) is 0. The van der Waals surface area contributed by atoms with Crippen molar-refractivity contribution in [1.29, 1.82) is 0 Å². The van der Waals surface area contributed by atoms with E-state index in [1.165, 1.54) is 0 Å². The van der Waals surface area contributed by atoms with Crippen LogP contribution in [-0.2, 0) is 0 Å². The number of hydrogen-bond acceptors (Lipinski definition) is 5. The quantitative estimate of drug-likeness (QED) is 0.714. The summed E-state index contributed by atoms with van der Waals surface area (Å²) in [4.78, 5) is 9.57. The summed E-state index contributed by atoms with van der Waals surface area (Å²) in [6, 6.07) is 11.8. The van der Waals surface area contributed by atoms with Gasteiger partial charge in [-0.2, -0.15) is 9.78 Å². The summed E-state index contributed by atoms with van der Waals surface area (Å²) >= 11 is 4.35. The smallest absolute Gasteiger partial charge is 0.160 e. The van der Waals surface area contributed by atoms with Gasteiger partial charge in [-0.3, -0.25) is 0 Å². The lowest BCUT2D eigenvalue weighted by Crippen LogP contribution is -2.06. The zero-order valence-corrected chi connectivity index (χ0v) is 12.7.